The number of nitrogens with one attached hydrogen (secondary N) is 1. The van der Waals surface area contributed by atoms with Crippen LogP contribution in [0, 0.1) is 11.7 Å². The van der Waals surface area contributed by atoms with Gasteiger partial charge in [-0.3, -0.25) is 4.79 Å². The molecule has 5 heteroatoms. The van der Waals surface area contributed by atoms with Crippen molar-refractivity contribution >= 4 is 11.6 Å². The van der Waals surface area contributed by atoms with Crippen LogP contribution in [0.25, 0.3) is 0 Å². The molecule has 0 radical (unpaired) electrons. The Balaban J connectivity index is 1.94. The molecular formula is C16H24FN3O. The van der Waals surface area contributed by atoms with E-state index in [0.717, 1.165) is 38.0 Å². The van der Waals surface area contributed by atoms with E-state index in [1.165, 1.54) is 13.0 Å². The highest BCUT2D eigenvalue weighted by atomic mass is 19.1. The Labute approximate surface area is 125 Å². The molecular weight excluding hydrogens is 269 g/mol. The molecule has 1 aliphatic heterocycles. The number of piperidine rings is 1. The first-order chi connectivity index (χ1) is 9.97. The molecule has 1 amide bonds. The number of anilines is 1. The second kappa shape index (κ2) is 6.89. The van der Waals surface area contributed by atoms with E-state index in [-0.39, 0.29) is 17.8 Å². The number of rotatable bonds is 4. The molecule has 0 saturated carbocycles. The largest absolute Gasteiger partial charge is 0.369 e. The highest BCUT2D eigenvalue weighted by Gasteiger charge is 2.21. The number of amides is 1. The summed E-state index contributed by atoms with van der Waals surface area (Å²) >= 11 is 0. The summed E-state index contributed by atoms with van der Waals surface area (Å²) in [4.78, 5) is 13.0. The molecule has 0 spiro atoms. The lowest BCUT2D eigenvalue weighted by molar-refractivity contribution is -0.119. The van der Waals surface area contributed by atoms with E-state index in [2.05, 4.69) is 10.2 Å². The van der Waals surface area contributed by atoms with Gasteiger partial charge in [0.1, 0.15) is 5.82 Å². The molecule has 1 aromatic rings. The molecule has 4 nitrogen and oxygen atoms in total. The van der Waals surface area contributed by atoms with Gasteiger partial charge >= 0.3 is 0 Å². The van der Waals surface area contributed by atoms with Crippen LogP contribution in [0.1, 0.15) is 38.3 Å². The number of halogens is 1. The zero-order chi connectivity index (χ0) is 15.4. The van der Waals surface area contributed by atoms with Crippen molar-refractivity contribution in [1.82, 2.24) is 5.32 Å². The Hall–Kier alpha value is -1.62. The molecule has 0 aromatic heterocycles. The summed E-state index contributed by atoms with van der Waals surface area (Å²) in [5, 5.41) is 2.86. The standard InChI is InChI=1S/C16H24FN3O/c1-11(18)14-3-4-16(15(17)9-14)20-7-5-13(6-8-20)10-19-12(2)21/h3-4,9,11,13H,5-8,10,18H2,1-2H3,(H,19,21)/t11-/m0/s1. The summed E-state index contributed by atoms with van der Waals surface area (Å²) in [7, 11) is 0. The van der Waals surface area contributed by atoms with Crippen LogP contribution in [0.2, 0.25) is 0 Å². The molecule has 1 saturated heterocycles. The van der Waals surface area contributed by atoms with Gasteiger partial charge in [-0.15, -0.1) is 0 Å². The quantitative estimate of drug-likeness (QED) is 0.894. The molecule has 1 heterocycles. The number of benzene rings is 1. The maximum absolute atomic E-state index is 14.2. The van der Waals surface area contributed by atoms with Gasteiger partial charge < -0.3 is 16.0 Å². The van der Waals surface area contributed by atoms with Crippen molar-refractivity contribution in [3.05, 3.63) is 29.6 Å². The van der Waals surface area contributed by atoms with Gasteiger partial charge in [-0.2, -0.15) is 0 Å². The molecule has 1 atom stereocenters. The van der Waals surface area contributed by atoms with Crippen molar-refractivity contribution in [3.63, 3.8) is 0 Å². The molecule has 3 N–H and O–H groups in total. The molecule has 0 unspecified atom stereocenters. The third kappa shape index (κ3) is 4.17. The van der Waals surface area contributed by atoms with Gasteiger partial charge in [0.05, 0.1) is 5.69 Å². The van der Waals surface area contributed by atoms with Crippen LogP contribution in [-0.4, -0.2) is 25.5 Å². The average Bonchev–Trinajstić information content (AvgIpc) is 2.45. The maximum atomic E-state index is 14.2. The Morgan fingerprint density at radius 1 is 1.48 bits per heavy atom. The van der Waals surface area contributed by atoms with Crippen LogP contribution >= 0.6 is 0 Å². The predicted molar refractivity (Wildman–Crippen MR) is 82.6 cm³/mol. The van der Waals surface area contributed by atoms with Crippen molar-refractivity contribution in [2.24, 2.45) is 11.7 Å². The Bertz CT molecular complexity index is 496. The smallest absolute Gasteiger partial charge is 0.216 e. The summed E-state index contributed by atoms with van der Waals surface area (Å²) in [6.45, 7) is 5.74. The molecule has 2 rings (SSSR count). The van der Waals surface area contributed by atoms with Crippen LogP contribution < -0.4 is 16.0 Å². The number of carbonyl (C=O) groups excluding carboxylic acids is 1. The van der Waals surface area contributed by atoms with E-state index < -0.39 is 0 Å². The van der Waals surface area contributed by atoms with Gasteiger partial charge in [-0.25, -0.2) is 4.39 Å². The third-order valence-corrected chi connectivity index (χ3v) is 4.09. The first kappa shape index (κ1) is 15.8. The second-order valence-corrected chi connectivity index (χ2v) is 5.87. The Morgan fingerprint density at radius 3 is 2.67 bits per heavy atom. The van der Waals surface area contributed by atoms with Gasteiger partial charge in [0, 0.05) is 32.6 Å². The molecule has 0 aliphatic carbocycles. The van der Waals surface area contributed by atoms with Crippen molar-refractivity contribution in [2.45, 2.75) is 32.7 Å². The number of carbonyl (C=O) groups is 1. The average molecular weight is 293 g/mol. The summed E-state index contributed by atoms with van der Waals surface area (Å²) < 4.78 is 14.2. The zero-order valence-corrected chi connectivity index (χ0v) is 12.7. The van der Waals surface area contributed by atoms with E-state index >= 15 is 0 Å². The van der Waals surface area contributed by atoms with Gasteiger partial charge in [0.15, 0.2) is 0 Å². The zero-order valence-electron chi connectivity index (χ0n) is 12.7. The van der Waals surface area contributed by atoms with Crippen molar-refractivity contribution in [1.29, 1.82) is 0 Å². The first-order valence-corrected chi connectivity index (χ1v) is 7.51. The molecule has 1 aromatic carbocycles. The molecule has 1 aliphatic rings. The van der Waals surface area contributed by atoms with Crippen LogP contribution in [0.4, 0.5) is 10.1 Å². The summed E-state index contributed by atoms with van der Waals surface area (Å²) in [5.74, 6) is 0.289. The number of hydrogen-bond donors (Lipinski definition) is 2. The van der Waals surface area contributed by atoms with Crippen molar-refractivity contribution < 1.29 is 9.18 Å². The first-order valence-electron chi connectivity index (χ1n) is 7.51. The van der Waals surface area contributed by atoms with Crippen molar-refractivity contribution in [3.8, 4) is 0 Å². The lowest BCUT2D eigenvalue weighted by Crippen LogP contribution is -2.38. The monoisotopic (exact) mass is 293 g/mol. The van der Waals surface area contributed by atoms with Crippen LogP contribution in [0.15, 0.2) is 18.2 Å². The minimum atomic E-state index is -0.204. The van der Waals surface area contributed by atoms with E-state index in [4.69, 9.17) is 5.73 Å². The normalized spacial score (nSPS) is 17.6. The van der Waals surface area contributed by atoms with Crippen molar-refractivity contribution in [2.75, 3.05) is 24.5 Å². The van der Waals surface area contributed by atoms with E-state index in [1.807, 2.05) is 19.1 Å². The van der Waals surface area contributed by atoms with Crippen LogP contribution in [0.3, 0.4) is 0 Å². The lowest BCUT2D eigenvalue weighted by Gasteiger charge is -2.34. The van der Waals surface area contributed by atoms with E-state index in [1.54, 1.807) is 0 Å². The van der Waals surface area contributed by atoms with E-state index in [0.29, 0.717) is 11.6 Å². The molecule has 21 heavy (non-hydrogen) atoms. The van der Waals surface area contributed by atoms with E-state index in [9.17, 15) is 9.18 Å². The van der Waals surface area contributed by atoms with Gasteiger partial charge in [0.25, 0.3) is 0 Å². The van der Waals surface area contributed by atoms with Gasteiger partial charge in [0.2, 0.25) is 5.91 Å². The van der Waals surface area contributed by atoms with Gasteiger partial charge in [-0.1, -0.05) is 6.07 Å². The fourth-order valence-electron chi connectivity index (χ4n) is 2.73. The number of nitrogens with zero attached hydrogens (tertiary/aromatic N) is 1. The van der Waals surface area contributed by atoms with Crippen LogP contribution in [0.5, 0.6) is 0 Å². The third-order valence-electron chi connectivity index (χ3n) is 4.09. The highest BCUT2D eigenvalue weighted by molar-refractivity contribution is 5.72. The SMILES string of the molecule is CC(=O)NCC1CCN(c2ccc([C@H](C)N)cc2F)CC1. The predicted octanol–water partition coefficient (Wildman–Crippen LogP) is 2.20. The van der Waals surface area contributed by atoms with Gasteiger partial charge in [-0.05, 0) is 43.4 Å². The summed E-state index contributed by atoms with van der Waals surface area (Å²) in [5.41, 5.74) is 7.24. The Morgan fingerprint density at radius 2 is 2.14 bits per heavy atom. The summed E-state index contributed by atoms with van der Waals surface area (Å²) in [6, 6.07) is 5.09. The minimum Gasteiger partial charge on any atom is -0.369 e. The fourth-order valence-corrected chi connectivity index (χ4v) is 2.73. The summed E-state index contributed by atoms with van der Waals surface area (Å²) in [6.07, 6.45) is 1.93. The molecule has 1 fully saturated rings. The number of hydrogen-bond acceptors (Lipinski definition) is 3. The number of nitrogens with two attached hydrogens (primary N) is 1. The fraction of sp³-hybridized carbons (Fsp3) is 0.562. The molecule has 0 bridgehead atoms. The highest BCUT2D eigenvalue weighted by Crippen LogP contribution is 2.27. The van der Waals surface area contributed by atoms with Crippen LogP contribution in [-0.2, 0) is 4.79 Å². The molecule has 116 valence electrons. The Kier molecular flexibility index (Phi) is 5.17. The minimum absolute atomic E-state index is 0.00923. The second-order valence-electron chi connectivity index (χ2n) is 5.87. The maximum Gasteiger partial charge on any atom is 0.216 e. The lowest BCUT2D eigenvalue weighted by atomic mass is 9.96. The topological polar surface area (TPSA) is 58.4 Å².